The molecule has 4 atom stereocenters. The minimum atomic E-state index is -3.02. The predicted molar refractivity (Wildman–Crippen MR) is 165 cm³/mol. The molecule has 0 unspecified atom stereocenters. The Bertz CT molecular complexity index is 1490. The van der Waals surface area contributed by atoms with Crippen molar-refractivity contribution in [2.24, 2.45) is 5.11 Å². The second-order valence-corrected chi connectivity index (χ2v) is 15.9. The molecule has 0 spiro atoms. The Morgan fingerprint density at radius 3 is 2.33 bits per heavy atom. The average Bonchev–Trinajstić information content (AvgIpc) is 3.39. The third-order valence-corrected chi connectivity index (χ3v) is 12.8. The van der Waals surface area contributed by atoms with Crippen LogP contribution in [0.4, 0.5) is 0 Å². The molecule has 3 aromatic rings. The van der Waals surface area contributed by atoms with Crippen LogP contribution in [0.25, 0.3) is 10.4 Å². The van der Waals surface area contributed by atoms with Gasteiger partial charge in [0.1, 0.15) is 12.3 Å². The highest BCUT2D eigenvalue weighted by Crippen LogP contribution is 2.41. The summed E-state index contributed by atoms with van der Waals surface area (Å²) in [6, 6.07) is 20.4. The van der Waals surface area contributed by atoms with Gasteiger partial charge in [-0.3, -0.25) is 14.3 Å². The topological polar surface area (TPSA) is 142 Å². The van der Waals surface area contributed by atoms with Crippen molar-refractivity contribution in [1.29, 1.82) is 0 Å². The summed E-state index contributed by atoms with van der Waals surface area (Å²) in [5.74, 6) is 0. The number of aromatic nitrogens is 2. The third kappa shape index (κ3) is 6.66. The van der Waals surface area contributed by atoms with E-state index in [1.807, 2.05) is 48.6 Å². The van der Waals surface area contributed by atoms with E-state index in [0.29, 0.717) is 24.9 Å². The number of nitrogens with one attached hydrogen (secondary N) is 1. The van der Waals surface area contributed by atoms with Crippen molar-refractivity contribution < 1.29 is 14.3 Å². The van der Waals surface area contributed by atoms with Crippen molar-refractivity contribution in [1.82, 2.24) is 9.55 Å². The zero-order valence-electron chi connectivity index (χ0n) is 24.5. The Balaban J connectivity index is 1.77. The van der Waals surface area contributed by atoms with Crippen LogP contribution < -0.4 is 21.6 Å². The molecular weight excluding hydrogens is 550 g/mol. The molecule has 1 saturated heterocycles. The number of aliphatic hydroxyl groups is 1. The maximum Gasteiger partial charge on any atom is 0.330 e. The summed E-state index contributed by atoms with van der Waals surface area (Å²) in [5.41, 5.74) is 7.85. The molecule has 1 fully saturated rings. The van der Waals surface area contributed by atoms with Gasteiger partial charge in [0.05, 0.1) is 12.2 Å². The lowest BCUT2D eigenvalue weighted by molar-refractivity contribution is -0.0794. The summed E-state index contributed by atoms with van der Waals surface area (Å²) in [4.78, 5) is 30.0. The molecule has 0 amide bonds. The molecular formula is C31H39N5O5Si. The maximum absolute atomic E-state index is 12.8. The molecule has 2 N–H and O–H groups in total. The van der Waals surface area contributed by atoms with Crippen molar-refractivity contribution >= 4 is 18.7 Å². The molecule has 222 valence electrons. The SMILES string of the molecule is Cc1cn([C@H]2C[C@H](O[Si](c3ccccc3)(c3ccccc3)C(C)(C)C)[C@@H]([C@@H](O)C/C=C/CCN=[N+]=[N-])O2)c(=O)[nH]c1=O. The largest absolute Gasteiger partial charge is 0.402 e. The minimum Gasteiger partial charge on any atom is -0.402 e. The van der Waals surface area contributed by atoms with E-state index in [1.54, 1.807) is 6.92 Å². The molecule has 10 nitrogen and oxygen atoms in total. The first-order valence-corrected chi connectivity index (χ1v) is 16.1. The summed E-state index contributed by atoms with van der Waals surface area (Å²) in [6.45, 7) is 8.51. The van der Waals surface area contributed by atoms with Gasteiger partial charge in [0.25, 0.3) is 13.9 Å². The summed E-state index contributed by atoms with van der Waals surface area (Å²) >= 11 is 0. The van der Waals surface area contributed by atoms with Crippen molar-refractivity contribution in [2.45, 2.75) is 76.5 Å². The first kappa shape index (κ1) is 31.2. The second-order valence-electron chi connectivity index (χ2n) is 11.6. The predicted octanol–water partition coefficient (Wildman–Crippen LogP) is 4.09. The Hall–Kier alpha value is -3.73. The van der Waals surface area contributed by atoms with Gasteiger partial charge in [-0.25, -0.2) is 4.79 Å². The van der Waals surface area contributed by atoms with Crippen molar-refractivity contribution in [3.8, 4) is 0 Å². The van der Waals surface area contributed by atoms with Crippen LogP contribution in [0.3, 0.4) is 0 Å². The van der Waals surface area contributed by atoms with Crippen molar-refractivity contribution in [3.05, 3.63) is 116 Å². The van der Waals surface area contributed by atoms with Gasteiger partial charge >= 0.3 is 5.69 Å². The normalized spacial score (nSPS) is 20.0. The van der Waals surface area contributed by atoms with Gasteiger partial charge in [-0.15, -0.1) is 0 Å². The third-order valence-electron chi connectivity index (χ3n) is 7.70. The van der Waals surface area contributed by atoms with E-state index in [1.165, 1.54) is 10.8 Å². The average molecular weight is 590 g/mol. The van der Waals surface area contributed by atoms with Crippen molar-refractivity contribution in [3.63, 3.8) is 0 Å². The van der Waals surface area contributed by atoms with Crippen LogP contribution >= 0.6 is 0 Å². The van der Waals surface area contributed by atoms with E-state index >= 15 is 0 Å². The number of hydrogen-bond donors (Lipinski definition) is 2. The molecule has 11 heteroatoms. The van der Waals surface area contributed by atoms with Gasteiger partial charge in [0.15, 0.2) is 0 Å². The van der Waals surface area contributed by atoms with Gasteiger partial charge in [-0.1, -0.05) is 98.7 Å². The monoisotopic (exact) mass is 589 g/mol. The lowest BCUT2D eigenvalue weighted by atomic mass is 10.0. The highest BCUT2D eigenvalue weighted by Gasteiger charge is 2.54. The van der Waals surface area contributed by atoms with Crippen LogP contribution in [0.5, 0.6) is 0 Å². The fourth-order valence-electron chi connectivity index (χ4n) is 5.67. The molecule has 0 bridgehead atoms. The molecule has 4 rings (SSSR count). The van der Waals surface area contributed by atoms with E-state index in [0.717, 1.165) is 10.4 Å². The van der Waals surface area contributed by atoms with Gasteiger partial charge in [0, 0.05) is 29.6 Å². The number of aromatic amines is 1. The zero-order chi connectivity index (χ0) is 30.3. The smallest absolute Gasteiger partial charge is 0.330 e. The Morgan fingerprint density at radius 1 is 1.14 bits per heavy atom. The number of aliphatic hydroxyl groups excluding tert-OH is 1. The van der Waals surface area contributed by atoms with Gasteiger partial charge in [-0.05, 0) is 40.7 Å². The Morgan fingerprint density at radius 2 is 1.76 bits per heavy atom. The lowest BCUT2D eigenvalue weighted by Gasteiger charge is -2.45. The second kappa shape index (κ2) is 13.5. The van der Waals surface area contributed by atoms with E-state index in [2.05, 4.69) is 60.0 Å². The molecule has 1 aliphatic rings. The fourth-order valence-corrected chi connectivity index (χ4v) is 10.4. The molecule has 0 saturated carbocycles. The number of nitrogens with zero attached hydrogens (tertiary/aromatic N) is 4. The molecule has 2 heterocycles. The molecule has 0 radical (unpaired) electrons. The zero-order valence-corrected chi connectivity index (χ0v) is 25.5. The summed E-state index contributed by atoms with van der Waals surface area (Å²) in [5, 5.41) is 16.8. The first-order valence-electron chi connectivity index (χ1n) is 14.2. The van der Waals surface area contributed by atoms with Gasteiger partial charge < -0.3 is 14.3 Å². The number of hydrogen-bond acceptors (Lipinski definition) is 6. The van der Waals surface area contributed by atoms with E-state index in [4.69, 9.17) is 14.7 Å². The van der Waals surface area contributed by atoms with E-state index in [9.17, 15) is 14.7 Å². The highest BCUT2D eigenvalue weighted by atomic mass is 28.4. The van der Waals surface area contributed by atoms with Crippen LogP contribution in [-0.2, 0) is 9.16 Å². The molecule has 2 aromatic carbocycles. The van der Waals surface area contributed by atoms with Crippen LogP contribution in [0.2, 0.25) is 5.04 Å². The van der Waals surface area contributed by atoms with Crippen LogP contribution in [0.15, 0.2) is 93.7 Å². The summed E-state index contributed by atoms with van der Waals surface area (Å²) in [7, 11) is -3.02. The number of rotatable bonds is 11. The number of H-pyrrole nitrogens is 1. The molecule has 42 heavy (non-hydrogen) atoms. The van der Waals surface area contributed by atoms with Gasteiger partial charge in [-0.2, -0.15) is 0 Å². The quantitative estimate of drug-likeness (QED) is 0.0865. The van der Waals surface area contributed by atoms with Crippen LogP contribution in [-0.4, -0.2) is 47.8 Å². The number of benzene rings is 2. The number of azide groups is 1. The maximum atomic E-state index is 12.8. The highest BCUT2D eigenvalue weighted by molar-refractivity contribution is 6.99. The van der Waals surface area contributed by atoms with Gasteiger partial charge in [0.2, 0.25) is 0 Å². The molecule has 0 aliphatic carbocycles. The molecule has 1 aromatic heterocycles. The lowest BCUT2D eigenvalue weighted by Crippen LogP contribution is -2.68. The first-order chi connectivity index (χ1) is 20.1. The minimum absolute atomic E-state index is 0.286. The van der Waals surface area contributed by atoms with E-state index in [-0.39, 0.29) is 11.5 Å². The standard InChI is InChI=1S/C31H39N5O5Si/c1-22-21-36(30(39)34-29(22)38)27-20-26(28(40-27)25(37)18-12-7-13-19-33-35-32)41-42(31(2,3)4,23-14-8-5-9-15-23)24-16-10-6-11-17-24/h5-12,14-17,21,25-28,37H,13,18-20H2,1-4H3,(H,34,38,39)/b12-7+/t25-,26-,27+,28+/m0/s1. The van der Waals surface area contributed by atoms with Crippen LogP contribution in [0, 0.1) is 6.92 Å². The fraction of sp³-hybridized carbons (Fsp3) is 0.419. The number of aryl methyl sites for hydroxylation is 1. The van der Waals surface area contributed by atoms with E-state index < -0.39 is 44.1 Å². The molecule has 1 aliphatic heterocycles. The summed E-state index contributed by atoms with van der Waals surface area (Å²) < 4.78 is 15.1. The number of ether oxygens (including phenoxy) is 1. The Kier molecular flexibility index (Phi) is 10.0. The Labute approximate surface area is 246 Å². The summed E-state index contributed by atoms with van der Waals surface area (Å²) in [6.07, 6.45) is 3.34. The van der Waals surface area contributed by atoms with Crippen molar-refractivity contribution in [2.75, 3.05) is 6.54 Å². The van der Waals surface area contributed by atoms with Crippen LogP contribution in [0.1, 0.15) is 51.8 Å².